The second kappa shape index (κ2) is 5.13. The Morgan fingerprint density at radius 2 is 1.90 bits per heavy atom. The lowest BCUT2D eigenvalue weighted by atomic mass is 10.2. The molecule has 9 heteroatoms. The fourth-order valence-corrected chi connectivity index (χ4v) is 3.63. The lowest BCUT2D eigenvalue weighted by molar-refractivity contribution is -0.137. The number of nitrogen functional groups attached to an aromatic ring is 1. The molecule has 0 heterocycles. The minimum Gasteiger partial charge on any atom is -0.398 e. The van der Waals surface area contributed by atoms with Crippen molar-refractivity contribution in [2.45, 2.75) is 36.9 Å². The average Bonchev–Trinajstić information content (AvgIpc) is 3.15. The van der Waals surface area contributed by atoms with Gasteiger partial charge in [-0.15, -0.1) is 0 Å². The summed E-state index contributed by atoms with van der Waals surface area (Å²) in [4.78, 5) is -0.556. The second-order valence-electron chi connectivity index (χ2n) is 5.02. The monoisotopic (exact) mass is 326 g/mol. The van der Waals surface area contributed by atoms with E-state index >= 15 is 0 Å². The van der Waals surface area contributed by atoms with Crippen LogP contribution in [0.2, 0.25) is 0 Å². The molecule has 1 aromatic rings. The molecule has 2 N–H and O–H groups in total. The van der Waals surface area contributed by atoms with Gasteiger partial charge >= 0.3 is 6.18 Å². The van der Waals surface area contributed by atoms with Gasteiger partial charge in [0, 0.05) is 17.3 Å². The van der Waals surface area contributed by atoms with E-state index in [4.69, 9.17) is 5.73 Å². The van der Waals surface area contributed by atoms with E-state index in [2.05, 4.69) is 0 Å². The minimum atomic E-state index is -4.66. The number of sulfonamides is 1. The van der Waals surface area contributed by atoms with E-state index < -0.39 is 39.5 Å². The SMILES string of the molecule is Cc1c(N)cc(S(=O)(=O)N(CC(F)(F)F)C2CC2)cc1F. The van der Waals surface area contributed by atoms with Crippen LogP contribution in [0, 0.1) is 12.7 Å². The van der Waals surface area contributed by atoms with E-state index in [1.54, 1.807) is 0 Å². The van der Waals surface area contributed by atoms with Crippen molar-refractivity contribution in [1.29, 1.82) is 0 Å². The first-order chi connectivity index (χ1) is 9.52. The van der Waals surface area contributed by atoms with Crippen molar-refractivity contribution in [3.05, 3.63) is 23.5 Å². The summed E-state index contributed by atoms with van der Waals surface area (Å²) in [6.07, 6.45) is -3.94. The van der Waals surface area contributed by atoms with E-state index in [0.717, 1.165) is 6.07 Å². The van der Waals surface area contributed by atoms with Crippen LogP contribution in [0.5, 0.6) is 0 Å². The summed E-state index contributed by atoms with van der Waals surface area (Å²) in [6.45, 7) is -0.231. The lowest BCUT2D eigenvalue weighted by Crippen LogP contribution is -2.40. The van der Waals surface area contributed by atoms with Crippen LogP contribution in [-0.4, -0.2) is 31.5 Å². The number of alkyl halides is 3. The summed E-state index contributed by atoms with van der Waals surface area (Å²) in [5.74, 6) is -0.865. The molecule has 4 nitrogen and oxygen atoms in total. The molecule has 0 amide bonds. The standard InChI is InChI=1S/C12H14F4N2O2S/c1-7-10(13)4-9(5-11(7)17)21(19,20)18(8-2-3-8)6-12(14,15)16/h4-5,8H,2-3,6,17H2,1H3. The zero-order valence-electron chi connectivity index (χ0n) is 11.1. The Kier molecular flexibility index (Phi) is 3.92. The predicted molar refractivity (Wildman–Crippen MR) is 68.5 cm³/mol. The second-order valence-corrected chi connectivity index (χ2v) is 6.91. The van der Waals surface area contributed by atoms with Gasteiger partial charge in [-0.3, -0.25) is 0 Å². The maximum Gasteiger partial charge on any atom is 0.402 e. The lowest BCUT2D eigenvalue weighted by Gasteiger charge is -2.23. The number of anilines is 1. The highest BCUT2D eigenvalue weighted by Gasteiger charge is 2.44. The van der Waals surface area contributed by atoms with Crippen LogP contribution < -0.4 is 5.73 Å². The number of nitrogens with zero attached hydrogens (tertiary/aromatic N) is 1. The first kappa shape index (κ1) is 16.0. The van der Waals surface area contributed by atoms with E-state index in [1.165, 1.54) is 6.92 Å². The van der Waals surface area contributed by atoms with Gasteiger partial charge in [0.2, 0.25) is 10.0 Å². The van der Waals surface area contributed by atoms with Crippen LogP contribution in [0.15, 0.2) is 17.0 Å². The molecule has 0 atom stereocenters. The third-order valence-electron chi connectivity index (χ3n) is 3.25. The van der Waals surface area contributed by atoms with Crippen LogP contribution in [0.3, 0.4) is 0 Å². The van der Waals surface area contributed by atoms with Crippen molar-refractivity contribution < 1.29 is 26.0 Å². The maximum atomic E-state index is 13.6. The predicted octanol–water partition coefficient (Wildman–Crippen LogP) is 2.43. The molecule has 1 aromatic carbocycles. The molecule has 0 aromatic heterocycles. The largest absolute Gasteiger partial charge is 0.402 e. The van der Waals surface area contributed by atoms with Gasteiger partial charge in [0.1, 0.15) is 12.4 Å². The molecule has 0 radical (unpaired) electrons. The number of nitrogens with two attached hydrogens (primary N) is 1. The van der Waals surface area contributed by atoms with Crippen molar-refractivity contribution in [3.8, 4) is 0 Å². The molecule has 0 unspecified atom stereocenters. The zero-order valence-corrected chi connectivity index (χ0v) is 11.9. The normalized spacial score (nSPS) is 16.5. The summed E-state index contributed by atoms with van der Waals surface area (Å²) in [7, 11) is -4.44. The van der Waals surface area contributed by atoms with Crippen LogP contribution in [-0.2, 0) is 10.0 Å². The van der Waals surface area contributed by atoms with Gasteiger partial charge in [-0.1, -0.05) is 0 Å². The molecular formula is C12H14F4N2O2S. The molecule has 0 spiro atoms. The fraction of sp³-hybridized carbons (Fsp3) is 0.500. The van der Waals surface area contributed by atoms with Crippen molar-refractivity contribution in [2.24, 2.45) is 0 Å². The molecule has 1 saturated carbocycles. The molecular weight excluding hydrogens is 312 g/mol. The maximum absolute atomic E-state index is 13.6. The number of hydrogen-bond donors (Lipinski definition) is 1. The summed E-state index contributed by atoms with van der Waals surface area (Å²) in [5.41, 5.74) is 5.44. The summed E-state index contributed by atoms with van der Waals surface area (Å²) in [5, 5.41) is 0. The molecule has 118 valence electrons. The Morgan fingerprint density at radius 1 is 1.33 bits per heavy atom. The van der Waals surface area contributed by atoms with Crippen molar-refractivity contribution >= 4 is 15.7 Å². The van der Waals surface area contributed by atoms with Gasteiger partial charge in [0.15, 0.2) is 0 Å². The van der Waals surface area contributed by atoms with Crippen molar-refractivity contribution in [2.75, 3.05) is 12.3 Å². The Morgan fingerprint density at radius 3 is 2.33 bits per heavy atom. The molecule has 2 rings (SSSR count). The number of benzene rings is 1. The highest BCUT2D eigenvalue weighted by atomic mass is 32.2. The Labute approximate surface area is 119 Å². The Bertz CT molecular complexity index is 631. The first-order valence-corrected chi connectivity index (χ1v) is 7.60. The highest BCUT2D eigenvalue weighted by molar-refractivity contribution is 7.89. The first-order valence-electron chi connectivity index (χ1n) is 6.16. The summed E-state index contributed by atoms with van der Waals surface area (Å²) < 4.78 is 76.3. The minimum absolute atomic E-state index is 0.0581. The average molecular weight is 326 g/mol. The van der Waals surface area contributed by atoms with E-state index in [0.29, 0.717) is 23.2 Å². The number of hydrogen-bond acceptors (Lipinski definition) is 3. The van der Waals surface area contributed by atoms with E-state index in [1.807, 2.05) is 0 Å². The van der Waals surface area contributed by atoms with Gasteiger partial charge < -0.3 is 5.73 Å². The molecule has 1 fully saturated rings. The number of halogens is 4. The molecule has 0 aliphatic heterocycles. The van der Waals surface area contributed by atoms with Gasteiger partial charge in [0.25, 0.3) is 0 Å². The Hall–Kier alpha value is -1.35. The smallest absolute Gasteiger partial charge is 0.398 e. The van der Waals surface area contributed by atoms with Crippen molar-refractivity contribution in [3.63, 3.8) is 0 Å². The molecule has 1 aliphatic carbocycles. The summed E-state index contributed by atoms with van der Waals surface area (Å²) in [6, 6.07) is 0.994. The third-order valence-corrected chi connectivity index (χ3v) is 5.13. The van der Waals surface area contributed by atoms with Gasteiger partial charge in [0.05, 0.1) is 4.90 Å². The fourth-order valence-electron chi connectivity index (χ4n) is 1.91. The molecule has 1 aliphatic rings. The quantitative estimate of drug-likeness (QED) is 0.683. The van der Waals surface area contributed by atoms with Crippen molar-refractivity contribution in [1.82, 2.24) is 4.31 Å². The van der Waals surface area contributed by atoms with Gasteiger partial charge in [-0.05, 0) is 31.9 Å². The van der Waals surface area contributed by atoms with Crippen LogP contribution >= 0.6 is 0 Å². The molecule has 0 saturated heterocycles. The van der Waals surface area contributed by atoms with E-state index in [9.17, 15) is 26.0 Å². The topological polar surface area (TPSA) is 63.4 Å². The molecule has 21 heavy (non-hydrogen) atoms. The van der Waals surface area contributed by atoms with E-state index in [-0.39, 0.29) is 11.3 Å². The van der Waals surface area contributed by atoms with Gasteiger partial charge in [-0.25, -0.2) is 12.8 Å². The highest BCUT2D eigenvalue weighted by Crippen LogP contribution is 2.35. The Balaban J connectivity index is 2.44. The van der Waals surface area contributed by atoms with Gasteiger partial charge in [-0.2, -0.15) is 17.5 Å². The third kappa shape index (κ3) is 3.46. The zero-order chi connectivity index (χ0) is 16.0. The molecule has 0 bridgehead atoms. The summed E-state index contributed by atoms with van der Waals surface area (Å²) >= 11 is 0. The number of rotatable bonds is 4. The van der Waals surface area contributed by atoms with Crippen LogP contribution in [0.4, 0.5) is 23.2 Å². The van der Waals surface area contributed by atoms with Crippen LogP contribution in [0.25, 0.3) is 0 Å². The van der Waals surface area contributed by atoms with Crippen LogP contribution in [0.1, 0.15) is 18.4 Å².